The number of unbranched alkanes of at least 4 members (excludes halogenated alkanes) is 2. The zero-order valence-corrected chi connectivity index (χ0v) is 14.8. The summed E-state index contributed by atoms with van der Waals surface area (Å²) in [4.78, 5) is 34.4. The molecule has 0 aromatic heterocycles. The number of aliphatic carboxylic acids is 2. The molecular weight excluding hydrogens is 326 g/mol. The zero-order valence-electron chi connectivity index (χ0n) is 14.8. The average molecular weight is 353 g/mol. The van der Waals surface area contributed by atoms with Crippen molar-refractivity contribution in [2.45, 2.75) is 45.1 Å². The lowest BCUT2D eigenvalue weighted by molar-refractivity contribution is -0.144. The Morgan fingerprint density at radius 2 is 1.52 bits per heavy atom. The largest absolute Gasteiger partial charge is 0.481 e. The van der Waals surface area contributed by atoms with Crippen LogP contribution in [0.2, 0.25) is 0 Å². The minimum atomic E-state index is -1.22. The Kier molecular flexibility index (Phi) is 12.4. The van der Waals surface area contributed by atoms with E-state index in [9.17, 15) is 14.4 Å². The number of hydrogen-bond acceptors (Lipinski definition) is 4. The Labute approximate surface area is 148 Å². The molecule has 7 heteroatoms. The van der Waals surface area contributed by atoms with Crippen LogP contribution in [-0.4, -0.2) is 52.8 Å². The molecule has 0 saturated carbocycles. The summed E-state index contributed by atoms with van der Waals surface area (Å²) in [7, 11) is 1.17. The molecule has 1 rings (SSSR count). The topological polar surface area (TPSA) is 104 Å². The number of nitrogens with zero attached hydrogens (tertiary/aromatic N) is 1. The minimum Gasteiger partial charge on any atom is -0.481 e. The summed E-state index contributed by atoms with van der Waals surface area (Å²) >= 11 is 0. The molecule has 0 unspecified atom stereocenters. The third-order valence-electron chi connectivity index (χ3n) is 3.37. The number of hydrogen-bond donors (Lipinski definition) is 2. The quantitative estimate of drug-likeness (QED) is 0.660. The first-order valence-corrected chi connectivity index (χ1v) is 8.23. The van der Waals surface area contributed by atoms with Crippen molar-refractivity contribution in [1.29, 1.82) is 0 Å². The molecule has 0 saturated heterocycles. The lowest BCUT2D eigenvalue weighted by atomic mass is 10.1. The second kappa shape index (κ2) is 13.8. The maximum Gasteiger partial charge on any atom is 0.410 e. The maximum absolute atomic E-state index is 11.6. The molecule has 0 fully saturated rings. The monoisotopic (exact) mass is 353 g/mol. The van der Waals surface area contributed by atoms with Crippen molar-refractivity contribution in [2.24, 2.45) is 0 Å². The molecule has 2 N–H and O–H groups in total. The molecule has 0 aliphatic heterocycles. The molecule has 0 aliphatic carbocycles. The minimum absolute atomic E-state index is 0.133. The van der Waals surface area contributed by atoms with Crippen LogP contribution in [0.4, 0.5) is 4.79 Å². The Morgan fingerprint density at radius 3 is 1.88 bits per heavy atom. The van der Waals surface area contributed by atoms with Gasteiger partial charge in [-0.05, 0) is 12.8 Å². The molecule has 1 amide bonds. The van der Waals surface area contributed by atoms with Crippen molar-refractivity contribution in [3.63, 3.8) is 0 Å². The van der Waals surface area contributed by atoms with E-state index in [1.165, 1.54) is 7.11 Å². The number of carbonyl (C=O) groups is 3. The third kappa shape index (κ3) is 10.8. The van der Waals surface area contributed by atoms with Crippen LogP contribution < -0.4 is 0 Å². The van der Waals surface area contributed by atoms with Crippen LogP contribution in [0.15, 0.2) is 36.4 Å². The van der Waals surface area contributed by atoms with E-state index in [-0.39, 0.29) is 19.4 Å². The van der Waals surface area contributed by atoms with Gasteiger partial charge in [0, 0.05) is 13.0 Å². The highest BCUT2D eigenvalue weighted by molar-refractivity contribution is 5.80. The van der Waals surface area contributed by atoms with E-state index in [4.69, 9.17) is 10.2 Å². The number of carboxylic acids is 2. The molecule has 0 spiro atoms. The van der Waals surface area contributed by atoms with Crippen LogP contribution in [0.1, 0.15) is 39.0 Å². The van der Waals surface area contributed by atoms with E-state index in [1.54, 1.807) is 0 Å². The lowest BCUT2D eigenvalue weighted by Crippen LogP contribution is -2.45. The van der Waals surface area contributed by atoms with E-state index < -0.39 is 24.1 Å². The van der Waals surface area contributed by atoms with Gasteiger partial charge in [-0.15, -0.1) is 0 Å². The molecule has 1 aromatic rings. The van der Waals surface area contributed by atoms with Crippen LogP contribution in [0, 0.1) is 0 Å². The fraction of sp³-hybridized carbons (Fsp3) is 0.500. The third-order valence-corrected chi connectivity index (χ3v) is 3.37. The normalized spacial score (nSPS) is 10.8. The van der Waals surface area contributed by atoms with Crippen LogP contribution in [0.3, 0.4) is 0 Å². The SMILES string of the molecule is CCCCCN(C(=O)OC)[C@@H](CCC(=O)O)C(=O)O.c1ccccc1. The van der Waals surface area contributed by atoms with Crippen molar-refractivity contribution in [2.75, 3.05) is 13.7 Å². The molecule has 1 aromatic carbocycles. The van der Waals surface area contributed by atoms with Gasteiger partial charge in [0.1, 0.15) is 6.04 Å². The van der Waals surface area contributed by atoms with E-state index >= 15 is 0 Å². The van der Waals surface area contributed by atoms with Crippen LogP contribution in [0.25, 0.3) is 0 Å². The predicted molar refractivity (Wildman–Crippen MR) is 93.4 cm³/mol. The molecule has 0 aliphatic rings. The number of rotatable bonds is 9. The van der Waals surface area contributed by atoms with E-state index in [0.29, 0.717) is 6.42 Å². The smallest absolute Gasteiger partial charge is 0.410 e. The molecule has 0 radical (unpaired) electrons. The lowest BCUT2D eigenvalue weighted by Gasteiger charge is -2.27. The summed E-state index contributed by atoms with van der Waals surface area (Å²) in [6.45, 7) is 2.23. The second-order valence-corrected chi connectivity index (χ2v) is 5.31. The van der Waals surface area contributed by atoms with E-state index in [0.717, 1.165) is 17.7 Å². The van der Waals surface area contributed by atoms with Gasteiger partial charge in [-0.25, -0.2) is 9.59 Å². The second-order valence-electron chi connectivity index (χ2n) is 5.31. The van der Waals surface area contributed by atoms with Crippen molar-refractivity contribution in [1.82, 2.24) is 4.90 Å². The van der Waals surface area contributed by atoms with Gasteiger partial charge in [0.05, 0.1) is 7.11 Å². The Morgan fingerprint density at radius 1 is 1.00 bits per heavy atom. The van der Waals surface area contributed by atoms with Gasteiger partial charge in [-0.2, -0.15) is 0 Å². The van der Waals surface area contributed by atoms with Crippen molar-refractivity contribution in [3.8, 4) is 0 Å². The molecule has 1 atom stereocenters. The molecule has 25 heavy (non-hydrogen) atoms. The van der Waals surface area contributed by atoms with Crippen molar-refractivity contribution in [3.05, 3.63) is 36.4 Å². The molecular formula is C18H27NO6. The Balaban J connectivity index is 0.000000796. The predicted octanol–water partition coefficient (Wildman–Crippen LogP) is 3.25. The van der Waals surface area contributed by atoms with Crippen LogP contribution >= 0.6 is 0 Å². The fourth-order valence-corrected chi connectivity index (χ4v) is 2.08. The first kappa shape index (κ1) is 22.4. The van der Waals surface area contributed by atoms with Crippen LogP contribution in [-0.2, 0) is 14.3 Å². The summed E-state index contributed by atoms with van der Waals surface area (Å²) in [5.41, 5.74) is 0. The number of amides is 1. The van der Waals surface area contributed by atoms with Crippen molar-refractivity contribution >= 4 is 18.0 Å². The molecule has 0 bridgehead atoms. The summed E-state index contributed by atoms with van der Waals surface area (Å²) < 4.78 is 4.56. The number of ether oxygens (including phenoxy) is 1. The fourth-order valence-electron chi connectivity index (χ4n) is 2.08. The number of carboxylic acid groups (broad SMARTS) is 2. The standard InChI is InChI=1S/C12H21NO6.C6H6/c1-3-4-5-8-13(12(18)19-2)9(11(16)17)6-7-10(14)15;1-2-4-6-5-3-1/h9H,3-8H2,1-2H3,(H,14,15)(H,16,17);1-6H/t9-;/m0./s1. The van der Waals surface area contributed by atoms with Gasteiger partial charge in [-0.3, -0.25) is 9.69 Å². The summed E-state index contributed by atoms with van der Waals surface area (Å²) in [6.07, 6.45) is 1.27. The Hall–Kier alpha value is -2.57. The number of methoxy groups -OCH3 is 1. The molecule has 0 heterocycles. The zero-order chi connectivity index (χ0) is 19.1. The van der Waals surface area contributed by atoms with Gasteiger partial charge < -0.3 is 14.9 Å². The summed E-state index contributed by atoms with van der Waals surface area (Å²) in [6, 6.07) is 10.8. The first-order chi connectivity index (χ1) is 11.9. The van der Waals surface area contributed by atoms with Crippen molar-refractivity contribution < 1.29 is 29.3 Å². The summed E-state index contributed by atoms with van der Waals surface area (Å²) in [5.74, 6) is -2.31. The van der Waals surface area contributed by atoms with Gasteiger partial charge in [0.25, 0.3) is 0 Å². The first-order valence-electron chi connectivity index (χ1n) is 8.23. The summed E-state index contributed by atoms with van der Waals surface area (Å²) in [5, 5.41) is 17.7. The van der Waals surface area contributed by atoms with E-state index in [1.807, 2.05) is 43.3 Å². The van der Waals surface area contributed by atoms with Gasteiger partial charge in [0.2, 0.25) is 0 Å². The highest BCUT2D eigenvalue weighted by Crippen LogP contribution is 2.12. The molecule has 140 valence electrons. The van der Waals surface area contributed by atoms with Gasteiger partial charge in [-0.1, -0.05) is 56.2 Å². The van der Waals surface area contributed by atoms with Crippen LogP contribution in [0.5, 0.6) is 0 Å². The Bertz CT molecular complexity index is 479. The molecule has 7 nitrogen and oxygen atoms in total. The average Bonchev–Trinajstić information content (AvgIpc) is 2.61. The van der Waals surface area contributed by atoms with Gasteiger partial charge in [0.15, 0.2) is 0 Å². The maximum atomic E-state index is 11.6. The van der Waals surface area contributed by atoms with Gasteiger partial charge >= 0.3 is 18.0 Å². The number of carbonyl (C=O) groups excluding carboxylic acids is 1. The van der Waals surface area contributed by atoms with E-state index in [2.05, 4.69) is 4.74 Å². The highest BCUT2D eigenvalue weighted by Gasteiger charge is 2.30. The highest BCUT2D eigenvalue weighted by atomic mass is 16.5. The number of benzene rings is 1.